The maximum absolute atomic E-state index is 13.8. The van der Waals surface area contributed by atoms with Crippen LogP contribution in [0.15, 0.2) is 35.7 Å². The van der Waals surface area contributed by atoms with Crippen molar-refractivity contribution in [3.63, 3.8) is 0 Å². The molecule has 11 heteroatoms. The fourth-order valence-electron chi connectivity index (χ4n) is 2.03. The van der Waals surface area contributed by atoms with Gasteiger partial charge in [0, 0.05) is 5.38 Å². The first-order chi connectivity index (χ1) is 12.7. The molecule has 0 fully saturated rings. The second-order valence-corrected chi connectivity index (χ2v) is 6.17. The van der Waals surface area contributed by atoms with Gasteiger partial charge in [0.25, 0.3) is 5.91 Å². The summed E-state index contributed by atoms with van der Waals surface area (Å²) >= 11 is 0.845. The number of hydrogen-bond acceptors (Lipinski definition) is 7. The second kappa shape index (κ2) is 8.25. The number of rotatable bonds is 7. The maximum Gasteiger partial charge on any atom is 0.442 e. The molecular weight excluding hydrogens is 387 g/mol. The summed E-state index contributed by atoms with van der Waals surface area (Å²) in [5, 5.41) is 4.87. The van der Waals surface area contributed by atoms with Crippen LogP contribution < -0.4 is 15.4 Å². The number of thiazole rings is 1. The Kier molecular flexibility index (Phi) is 6.26. The lowest BCUT2D eigenvalue weighted by molar-refractivity contribution is -0.206. The van der Waals surface area contributed by atoms with Crippen molar-refractivity contribution >= 4 is 28.3 Å². The van der Waals surface area contributed by atoms with Gasteiger partial charge >= 0.3 is 17.8 Å². The van der Waals surface area contributed by atoms with E-state index in [9.17, 15) is 22.8 Å². The Morgan fingerprint density at radius 2 is 1.89 bits per heavy atom. The third kappa shape index (κ3) is 4.88. The van der Waals surface area contributed by atoms with Crippen molar-refractivity contribution in [1.82, 2.24) is 10.3 Å². The van der Waals surface area contributed by atoms with Crippen LogP contribution in [0.5, 0.6) is 5.75 Å². The van der Waals surface area contributed by atoms with E-state index in [-0.39, 0.29) is 10.9 Å². The van der Waals surface area contributed by atoms with Gasteiger partial charge in [-0.1, -0.05) is 18.2 Å². The highest BCUT2D eigenvalue weighted by Gasteiger charge is 2.64. The summed E-state index contributed by atoms with van der Waals surface area (Å²) in [5.74, 6) is -2.63. The molecular formula is C16H16F3N3O4S. The van der Waals surface area contributed by atoms with Crippen LogP contribution in [0.2, 0.25) is 0 Å². The largest absolute Gasteiger partial charge is 0.484 e. The van der Waals surface area contributed by atoms with E-state index in [1.807, 2.05) is 5.32 Å². The Morgan fingerprint density at radius 3 is 2.41 bits per heavy atom. The number of nitrogens with one attached hydrogen (secondary N) is 2. The molecule has 1 amide bonds. The number of para-hydroxylation sites is 1. The highest BCUT2D eigenvalue weighted by atomic mass is 32.1. The molecule has 1 aromatic heterocycles. The lowest BCUT2D eigenvalue weighted by Crippen LogP contribution is -2.69. The monoisotopic (exact) mass is 403 g/mol. The SMILES string of the molecule is COC(=O)[C@@](NC(=O)COc1ccccc1)(Nc1nc(C)cs1)C(F)(F)F. The second-order valence-electron chi connectivity index (χ2n) is 5.31. The number of carbonyl (C=O) groups is 2. The molecule has 146 valence electrons. The van der Waals surface area contributed by atoms with Gasteiger partial charge in [0.2, 0.25) is 0 Å². The summed E-state index contributed by atoms with van der Waals surface area (Å²) in [7, 11) is 0.782. The number of ether oxygens (including phenoxy) is 2. The molecule has 0 aliphatic heterocycles. The molecule has 0 radical (unpaired) electrons. The van der Waals surface area contributed by atoms with Gasteiger partial charge in [-0.3, -0.25) is 4.79 Å². The molecule has 1 aromatic carbocycles. The summed E-state index contributed by atoms with van der Waals surface area (Å²) in [6.07, 6.45) is -5.22. The Balaban J connectivity index is 2.24. The van der Waals surface area contributed by atoms with Crippen LogP contribution in [0.3, 0.4) is 0 Å². The number of amides is 1. The van der Waals surface area contributed by atoms with E-state index in [4.69, 9.17) is 4.74 Å². The van der Waals surface area contributed by atoms with Gasteiger partial charge in [0.05, 0.1) is 12.8 Å². The van der Waals surface area contributed by atoms with Crippen LogP contribution in [-0.4, -0.2) is 42.4 Å². The smallest absolute Gasteiger partial charge is 0.442 e. The number of benzene rings is 1. The van der Waals surface area contributed by atoms with E-state index in [1.165, 1.54) is 17.5 Å². The number of hydrogen-bond donors (Lipinski definition) is 2. The van der Waals surface area contributed by atoms with Gasteiger partial charge in [0.15, 0.2) is 11.7 Å². The molecule has 7 nitrogen and oxygen atoms in total. The minimum absolute atomic E-state index is 0.209. The van der Waals surface area contributed by atoms with Gasteiger partial charge < -0.3 is 20.1 Å². The molecule has 1 heterocycles. The van der Waals surface area contributed by atoms with Crippen molar-refractivity contribution in [3.05, 3.63) is 41.4 Å². The predicted molar refractivity (Wildman–Crippen MR) is 91.4 cm³/mol. The number of halogens is 3. The van der Waals surface area contributed by atoms with Gasteiger partial charge in [-0.05, 0) is 19.1 Å². The minimum atomic E-state index is -5.22. The average Bonchev–Trinajstić information content (AvgIpc) is 3.03. The molecule has 0 aliphatic rings. The topological polar surface area (TPSA) is 89.5 Å². The van der Waals surface area contributed by atoms with E-state index in [0.29, 0.717) is 5.69 Å². The normalized spacial score (nSPS) is 13.4. The number of aryl methyl sites for hydroxylation is 1. The lowest BCUT2D eigenvalue weighted by Gasteiger charge is -2.33. The zero-order valence-corrected chi connectivity index (χ0v) is 15.1. The molecule has 2 rings (SSSR count). The Morgan fingerprint density at radius 1 is 1.22 bits per heavy atom. The molecule has 0 aliphatic carbocycles. The van der Waals surface area contributed by atoms with Crippen molar-refractivity contribution in [2.24, 2.45) is 0 Å². The number of nitrogens with zero attached hydrogens (tertiary/aromatic N) is 1. The Labute approximate surface area is 156 Å². The zero-order valence-electron chi connectivity index (χ0n) is 14.3. The molecule has 1 atom stereocenters. The quantitative estimate of drug-likeness (QED) is 0.546. The zero-order chi connectivity index (χ0) is 20.1. The van der Waals surface area contributed by atoms with Crippen LogP contribution in [0.4, 0.5) is 18.3 Å². The van der Waals surface area contributed by atoms with E-state index >= 15 is 0 Å². The summed E-state index contributed by atoms with van der Waals surface area (Å²) in [6, 6.07) is 8.03. The number of aromatic nitrogens is 1. The van der Waals surface area contributed by atoms with E-state index in [2.05, 4.69) is 9.72 Å². The molecule has 0 saturated carbocycles. The van der Waals surface area contributed by atoms with Gasteiger partial charge in [-0.2, -0.15) is 13.2 Å². The Bertz CT molecular complexity index is 798. The number of esters is 1. The van der Waals surface area contributed by atoms with Crippen molar-refractivity contribution < 1.29 is 32.2 Å². The van der Waals surface area contributed by atoms with Crippen molar-refractivity contribution in [3.8, 4) is 5.75 Å². The lowest BCUT2D eigenvalue weighted by atomic mass is 10.1. The number of methoxy groups -OCH3 is 1. The summed E-state index contributed by atoms with van der Waals surface area (Å²) in [5.41, 5.74) is -3.06. The van der Waals surface area contributed by atoms with Gasteiger partial charge in [-0.15, -0.1) is 11.3 Å². The fourth-order valence-corrected chi connectivity index (χ4v) is 2.77. The molecule has 0 saturated heterocycles. The molecule has 2 N–H and O–H groups in total. The Hall–Kier alpha value is -2.82. The summed E-state index contributed by atoms with van der Waals surface area (Å²) < 4.78 is 50.8. The third-order valence-electron chi connectivity index (χ3n) is 3.27. The van der Waals surface area contributed by atoms with Crippen LogP contribution in [0, 0.1) is 6.92 Å². The summed E-state index contributed by atoms with van der Waals surface area (Å²) in [6.45, 7) is 0.832. The highest BCUT2D eigenvalue weighted by molar-refractivity contribution is 7.13. The van der Waals surface area contributed by atoms with E-state index in [0.717, 1.165) is 18.4 Å². The first-order valence-corrected chi connectivity index (χ1v) is 8.40. The van der Waals surface area contributed by atoms with Gasteiger partial charge in [0.1, 0.15) is 5.75 Å². The maximum atomic E-state index is 13.8. The average molecular weight is 403 g/mol. The van der Waals surface area contributed by atoms with Crippen molar-refractivity contribution in [2.45, 2.75) is 18.8 Å². The fraction of sp³-hybridized carbons (Fsp3) is 0.312. The number of anilines is 1. The van der Waals surface area contributed by atoms with Crippen LogP contribution in [0.25, 0.3) is 0 Å². The highest BCUT2D eigenvalue weighted by Crippen LogP contribution is 2.34. The molecule has 0 bridgehead atoms. The summed E-state index contributed by atoms with van der Waals surface area (Å²) in [4.78, 5) is 28.0. The van der Waals surface area contributed by atoms with Crippen molar-refractivity contribution in [2.75, 3.05) is 19.0 Å². The molecule has 0 spiro atoms. The molecule has 0 unspecified atom stereocenters. The molecule has 27 heavy (non-hydrogen) atoms. The number of carbonyl (C=O) groups excluding carboxylic acids is 2. The standard InChI is InChI=1S/C16H16F3N3O4S/c1-10-9-27-14(20-10)22-15(13(24)25-2,16(17,18)19)21-12(23)8-26-11-6-4-3-5-7-11/h3-7,9H,8H2,1-2H3,(H,20,22)(H,21,23)/t15-/m1/s1. The first kappa shape index (κ1) is 20.5. The minimum Gasteiger partial charge on any atom is -0.484 e. The number of alkyl halides is 3. The molecule has 2 aromatic rings. The van der Waals surface area contributed by atoms with E-state index < -0.39 is 30.3 Å². The third-order valence-corrected chi connectivity index (χ3v) is 4.15. The van der Waals surface area contributed by atoms with Crippen LogP contribution >= 0.6 is 11.3 Å². The van der Waals surface area contributed by atoms with Crippen LogP contribution in [0.1, 0.15) is 5.69 Å². The van der Waals surface area contributed by atoms with Gasteiger partial charge in [-0.25, -0.2) is 9.78 Å². The predicted octanol–water partition coefficient (Wildman–Crippen LogP) is 2.49. The van der Waals surface area contributed by atoms with Crippen molar-refractivity contribution in [1.29, 1.82) is 0 Å². The van der Waals surface area contributed by atoms with E-state index in [1.54, 1.807) is 30.4 Å². The first-order valence-electron chi connectivity index (χ1n) is 7.52. The van der Waals surface area contributed by atoms with Crippen LogP contribution in [-0.2, 0) is 14.3 Å².